The Labute approximate surface area is 123 Å². The number of aryl methyl sites for hydroxylation is 1. The van der Waals surface area contributed by atoms with Gasteiger partial charge in [-0.1, -0.05) is 19.8 Å². The summed E-state index contributed by atoms with van der Waals surface area (Å²) in [5.41, 5.74) is 1.29. The highest BCUT2D eigenvalue weighted by Gasteiger charge is 2.30. The first-order valence-corrected chi connectivity index (χ1v) is 8.64. The standard InChI is InChI=1S/C17H29N3/c1-2-12-18-17(14-7-8-14)10-9-15-11-13-20(19-15)16-5-3-4-6-16/h11,13-14,16-18H,2-10,12H2,1H3. The van der Waals surface area contributed by atoms with Gasteiger partial charge in [-0.05, 0) is 63.5 Å². The third kappa shape index (κ3) is 3.63. The van der Waals surface area contributed by atoms with Gasteiger partial charge in [0.15, 0.2) is 0 Å². The van der Waals surface area contributed by atoms with E-state index in [1.54, 1.807) is 0 Å². The zero-order valence-corrected chi connectivity index (χ0v) is 12.9. The third-order valence-corrected chi connectivity index (χ3v) is 4.92. The quantitative estimate of drug-likeness (QED) is 0.784. The van der Waals surface area contributed by atoms with E-state index in [2.05, 4.69) is 29.2 Å². The summed E-state index contributed by atoms with van der Waals surface area (Å²) >= 11 is 0. The van der Waals surface area contributed by atoms with E-state index in [1.165, 1.54) is 57.1 Å². The summed E-state index contributed by atoms with van der Waals surface area (Å²) in [5, 5.41) is 8.54. The Morgan fingerprint density at radius 2 is 2.10 bits per heavy atom. The van der Waals surface area contributed by atoms with Crippen LogP contribution in [0.2, 0.25) is 0 Å². The molecule has 20 heavy (non-hydrogen) atoms. The maximum absolute atomic E-state index is 4.81. The normalized spacial score (nSPS) is 21.4. The number of nitrogens with one attached hydrogen (secondary N) is 1. The van der Waals surface area contributed by atoms with E-state index >= 15 is 0 Å². The molecule has 1 N–H and O–H groups in total. The van der Waals surface area contributed by atoms with Gasteiger partial charge in [0.25, 0.3) is 0 Å². The molecule has 1 heterocycles. The van der Waals surface area contributed by atoms with Crippen molar-refractivity contribution in [2.75, 3.05) is 6.54 Å². The van der Waals surface area contributed by atoms with Gasteiger partial charge in [0.1, 0.15) is 0 Å². The maximum atomic E-state index is 4.81. The minimum Gasteiger partial charge on any atom is -0.314 e. The Balaban J connectivity index is 1.49. The monoisotopic (exact) mass is 275 g/mol. The van der Waals surface area contributed by atoms with Crippen LogP contribution in [-0.4, -0.2) is 22.4 Å². The highest BCUT2D eigenvalue weighted by atomic mass is 15.3. The minimum absolute atomic E-state index is 0.682. The smallest absolute Gasteiger partial charge is 0.0625 e. The van der Waals surface area contributed by atoms with Crippen LogP contribution in [0.15, 0.2) is 12.3 Å². The average molecular weight is 275 g/mol. The molecule has 1 unspecified atom stereocenters. The van der Waals surface area contributed by atoms with Gasteiger partial charge in [0, 0.05) is 12.2 Å². The topological polar surface area (TPSA) is 29.9 Å². The molecule has 2 saturated carbocycles. The third-order valence-electron chi connectivity index (χ3n) is 4.92. The molecule has 0 spiro atoms. The Hall–Kier alpha value is -0.830. The van der Waals surface area contributed by atoms with Crippen LogP contribution in [0.3, 0.4) is 0 Å². The maximum Gasteiger partial charge on any atom is 0.0625 e. The molecular weight excluding hydrogens is 246 g/mol. The lowest BCUT2D eigenvalue weighted by Crippen LogP contribution is -2.32. The molecule has 1 aromatic heterocycles. The van der Waals surface area contributed by atoms with Crippen molar-refractivity contribution < 1.29 is 0 Å². The predicted octanol–water partition coefficient (Wildman–Crippen LogP) is 3.71. The molecule has 0 amide bonds. The fourth-order valence-electron chi connectivity index (χ4n) is 3.52. The zero-order chi connectivity index (χ0) is 13.8. The number of aromatic nitrogens is 2. The van der Waals surface area contributed by atoms with Crippen molar-refractivity contribution in [3.05, 3.63) is 18.0 Å². The van der Waals surface area contributed by atoms with Gasteiger partial charge >= 0.3 is 0 Å². The van der Waals surface area contributed by atoms with Crippen molar-refractivity contribution in [3.63, 3.8) is 0 Å². The van der Waals surface area contributed by atoms with Crippen molar-refractivity contribution >= 4 is 0 Å². The first kappa shape index (κ1) is 14.1. The van der Waals surface area contributed by atoms with Gasteiger partial charge in [-0.25, -0.2) is 0 Å². The van der Waals surface area contributed by atoms with E-state index in [1.807, 2.05) is 0 Å². The van der Waals surface area contributed by atoms with Crippen LogP contribution in [0.4, 0.5) is 0 Å². The first-order chi connectivity index (χ1) is 9.86. The fraction of sp³-hybridized carbons (Fsp3) is 0.824. The Kier molecular flexibility index (Phi) is 4.77. The molecule has 3 rings (SSSR count). The molecule has 0 aliphatic heterocycles. The number of hydrogen-bond acceptors (Lipinski definition) is 2. The molecule has 0 aromatic carbocycles. The molecule has 0 bridgehead atoms. The van der Waals surface area contributed by atoms with Crippen molar-refractivity contribution in [3.8, 4) is 0 Å². The Morgan fingerprint density at radius 3 is 2.80 bits per heavy atom. The Morgan fingerprint density at radius 1 is 1.30 bits per heavy atom. The van der Waals surface area contributed by atoms with E-state index in [4.69, 9.17) is 5.10 Å². The zero-order valence-electron chi connectivity index (χ0n) is 12.9. The van der Waals surface area contributed by atoms with Gasteiger partial charge in [-0.3, -0.25) is 4.68 Å². The SMILES string of the molecule is CCCNC(CCc1ccn(C2CCCC2)n1)C1CC1. The summed E-state index contributed by atoms with van der Waals surface area (Å²) in [6, 6.07) is 3.65. The van der Waals surface area contributed by atoms with Gasteiger partial charge in [-0.15, -0.1) is 0 Å². The van der Waals surface area contributed by atoms with E-state index < -0.39 is 0 Å². The summed E-state index contributed by atoms with van der Waals surface area (Å²) in [7, 11) is 0. The minimum atomic E-state index is 0.682. The summed E-state index contributed by atoms with van der Waals surface area (Å²) < 4.78 is 2.23. The molecule has 2 aliphatic rings. The molecule has 2 fully saturated rings. The second kappa shape index (κ2) is 6.75. The molecule has 3 nitrogen and oxygen atoms in total. The highest BCUT2D eigenvalue weighted by Crippen LogP contribution is 2.34. The summed E-state index contributed by atoms with van der Waals surface area (Å²) in [5.74, 6) is 0.943. The number of rotatable bonds is 8. The van der Waals surface area contributed by atoms with E-state index in [-0.39, 0.29) is 0 Å². The van der Waals surface area contributed by atoms with Crippen LogP contribution < -0.4 is 5.32 Å². The molecule has 3 heteroatoms. The molecule has 2 aliphatic carbocycles. The van der Waals surface area contributed by atoms with Crippen LogP contribution >= 0.6 is 0 Å². The molecule has 1 atom stereocenters. The van der Waals surface area contributed by atoms with E-state index in [0.717, 1.165) is 24.9 Å². The highest BCUT2D eigenvalue weighted by molar-refractivity contribution is 5.02. The van der Waals surface area contributed by atoms with E-state index in [0.29, 0.717) is 6.04 Å². The lowest BCUT2D eigenvalue weighted by molar-refractivity contribution is 0.428. The molecule has 0 radical (unpaired) electrons. The molecule has 112 valence electrons. The van der Waals surface area contributed by atoms with Crippen LogP contribution in [-0.2, 0) is 6.42 Å². The van der Waals surface area contributed by atoms with Gasteiger partial charge < -0.3 is 5.32 Å². The van der Waals surface area contributed by atoms with Crippen LogP contribution in [0.25, 0.3) is 0 Å². The number of nitrogens with zero attached hydrogens (tertiary/aromatic N) is 2. The van der Waals surface area contributed by atoms with Crippen molar-refractivity contribution in [2.24, 2.45) is 5.92 Å². The average Bonchev–Trinajstić information content (AvgIpc) is 2.98. The van der Waals surface area contributed by atoms with Crippen LogP contribution in [0.1, 0.15) is 70.0 Å². The van der Waals surface area contributed by atoms with Crippen molar-refractivity contribution in [2.45, 2.75) is 76.8 Å². The first-order valence-electron chi connectivity index (χ1n) is 8.64. The molecular formula is C17H29N3. The van der Waals surface area contributed by atoms with Crippen LogP contribution in [0.5, 0.6) is 0 Å². The van der Waals surface area contributed by atoms with Gasteiger partial charge in [-0.2, -0.15) is 5.10 Å². The second-order valence-corrected chi connectivity index (χ2v) is 6.66. The summed E-state index contributed by atoms with van der Waals surface area (Å²) in [6.07, 6.45) is 14.1. The van der Waals surface area contributed by atoms with Crippen molar-refractivity contribution in [1.29, 1.82) is 0 Å². The molecule has 1 aromatic rings. The number of hydrogen-bond donors (Lipinski definition) is 1. The van der Waals surface area contributed by atoms with Gasteiger partial charge in [0.05, 0.1) is 11.7 Å². The second-order valence-electron chi connectivity index (χ2n) is 6.66. The lowest BCUT2D eigenvalue weighted by atomic mass is 10.1. The van der Waals surface area contributed by atoms with Crippen molar-refractivity contribution in [1.82, 2.24) is 15.1 Å². The lowest BCUT2D eigenvalue weighted by Gasteiger charge is -2.17. The van der Waals surface area contributed by atoms with E-state index in [9.17, 15) is 0 Å². The summed E-state index contributed by atoms with van der Waals surface area (Å²) in [4.78, 5) is 0. The predicted molar refractivity (Wildman–Crippen MR) is 82.9 cm³/mol. The largest absolute Gasteiger partial charge is 0.314 e. The summed E-state index contributed by atoms with van der Waals surface area (Å²) in [6.45, 7) is 3.41. The fourth-order valence-corrected chi connectivity index (χ4v) is 3.52. The van der Waals surface area contributed by atoms with Crippen LogP contribution in [0, 0.1) is 5.92 Å². The molecule has 0 saturated heterocycles. The Bertz CT molecular complexity index is 402. The van der Waals surface area contributed by atoms with Gasteiger partial charge in [0.2, 0.25) is 0 Å².